The fourth-order valence-corrected chi connectivity index (χ4v) is 4.98. The quantitative estimate of drug-likeness (QED) is 0.843. The number of benzene rings is 2. The number of hydrogen-bond acceptors (Lipinski definition) is 4. The van der Waals surface area contributed by atoms with Crippen molar-refractivity contribution in [1.29, 1.82) is 0 Å². The summed E-state index contributed by atoms with van der Waals surface area (Å²) in [5.41, 5.74) is 4.11. The highest BCUT2D eigenvalue weighted by atomic mass is 32.2. The lowest BCUT2D eigenvalue weighted by Gasteiger charge is -2.27. The Balaban J connectivity index is 1.77. The molecule has 8 heteroatoms. The lowest BCUT2D eigenvalue weighted by atomic mass is 10.0. The van der Waals surface area contributed by atoms with Gasteiger partial charge < -0.3 is 0 Å². The van der Waals surface area contributed by atoms with Gasteiger partial charge in [-0.1, -0.05) is 35.9 Å². The molecule has 6 nitrogen and oxygen atoms in total. The number of anilines is 1. The fourth-order valence-electron chi connectivity index (χ4n) is 3.00. The molecule has 26 heavy (non-hydrogen) atoms. The van der Waals surface area contributed by atoms with Crippen LogP contribution in [0.2, 0.25) is 0 Å². The first-order valence-corrected chi connectivity index (χ1v) is 11.8. The molecule has 140 valence electrons. The number of fused-ring (bicyclic) bond motifs is 1. The van der Waals surface area contributed by atoms with E-state index in [0.29, 0.717) is 24.2 Å². The van der Waals surface area contributed by atoms with Crippen LogP contribution in [-0.4, -0.2) is 33.9 Å². The zero-order valence-corrected chi connectivity index (χ0v) is 16.4. The van der Waals surface area contributed by atoms with Crippen LogP contribution in [0.15, 0.2) is 42.5 Å². The fraction of sp³-hybridized carbons (Fsp3) is 0.333. The second-order valence-corrected chi connectivity index (χ2v) is 10.4. The van der Waals surface area contributed by atoms with E-state index in [2.05, 4.69) is 4.72 Å². The van der Waals surface area contributed by atoms with Gasteiger partial charge in [0.2, 0.25) is 20.0 Å². The normalized spacial score (nSPS) is 15.5. The van der Waals surface area contributed by atoms with Gasteiger partial charge >= 0.3 is 0 Å². The molecule has 1 aliphatic rings. The molecule has 0 radical (unpaired) electrons. The van der Waals surface area contributed by atoms with Gasteiger partial charge in [-0.05, 0) is 42.2 Å². The molecule has 0 aliphatic carbocycles. The van der Waals surface area contributed by atoms with Gasteiger partial charge in [0.15, 0.2) is 0 Å². The predicted molar refractivity (Wildman–Crippen MR) is 103 cm³/mol. The van der Waals surface area contributed by atoms with Crippen molar-refractivity contribution in [2.45, 2.75) is 25.6 Å². The van der Waals surface area contributed by atoms with E-state index in [0.717, 1.165) is 16.7 Å². The minimum atomic E-state index is -3.55. The average Bonchev–Trinajstić information content (AvgIpc) is 2.55. The third-order valence-electron chi connectivity index (χ3n) is 4.40. The molecule has 1 aliphatic heterocycles. The molecule has 1 N–H and O–H groups in total. The molecule has 0 amide bonds. The Morgan fingerprint density at radius 2 is 1.69 bits per heavy atom. The maximum Gasteiger partial charge on any atom is 0.236 e. The summed E-state index contributed by atoms with van der Waals surface area (Å²) in [5.74, 6) is -0.111. The number of nitrogens with one attached hydrogen (secondary N) is 1. The Labute approximate surface area is 155 Å². The van der Waals surface area contributed by atoms with Crippen molar-refractivity contribution < 1.29 is 16.8 Å². The SMILES string of the molecule is Cc1ccc(CS(=O)(=O)Nc2ccc3c(c2)CN(S(C)(=O)=O)CC3)cc1. The topological polar surface area (TPSA) is 83.6 Å². The molecule has 3 rings (SSSR count). The molecule has 2 aromatic rings. The first-order valence-electron chi connectivity index (χ1n) is 8.25. The van der Waals surface area contributed by atoms with Crippen molar-refractivity contribution >= 4 is 25.7 Å². The van der Waals surface area contributed by atoms with Crippen molar-refractivity contribution in [1.82, 2.24) is 4.31 Å². The van der Waals surface area contributed by atoms with Crippen molar-refractivity contribution in [2.75, 3.05) is 17.5 Å². The molecular weight excluding hydrogens is 372 g/mol. The molecule has 0 atom stereocenters. The third-order valence-corrected chi connectivity index (χ3v) is 6.91. The zero-order chi connectivity index (χ0) is 18.9. The van der Waals surface area contributed by atoms with E-state index >= 15 is 0 Å². The van der Waals surface area contributed by atoms with Crippen LogP contribution < -0.4 is 4.72 Å². The van der Waals surface area contributed by atoms with Crippen molar-refractivity contribution in [3.63, 3.8) is 0 Å². The van der Waals surface area contributed by atoms with E-state index in [9.17, 15) is 16.8 Å². The Hall–Kier alpha value is -1.90. The molecule has 0 saturated heterocycles. The van der Waals surface area contributed by atoms with Crippen LogP contribution in [0, 0.1) is 6.92 Å². The van der Waals surface area contributed by atoms with Crippen molar-refractivity contribution in [3.05, 3.63) is 64.7 Å². The average molecular weight is 395 g/mol. The van der Waals surface area contributed by atoms with Crippen LogP contribution in [0.4, 0.5) is 5.69 Å². The Morgan fingerprint density at radius 1 is 1.00 bits per heavy atom. The van der Waals surface area contributed by atoms with Gasteiger partial charge in [0.25, 0.3) is 0 Å². The summed E-state index contributed by atoms with van der Waals surface area (Å²) < 4.78 is 52.4. The van der Waals surface area contributed by atoms with Gasteiger partial charge in [-0.2, -0.15) is 4.31 Å². The van der Waals surface area contributed by atoms with Crippen LogP contribution >= 0.6 is 0 Å². The minimum absolute atomic E-state index is 0.111. The smallest absolute Gasteiger partial charge is 0.236 e. The summed E-state index contributed by atoms with van der Waals surface area (Å²) in [4.78, 5) is 0. The number of hydrogen-bond donors (Lipinski definition) is 1. The Morgan fingerprint density at radius 3 is 2.35 bits per heavy atom. The van der Waals surface area contributed by atoms with Crippen molar-refractivity contribution in [2.24, 2.45) is 0 Å². The summed E-state index contributed by atoms with van der Waals surface area (Å²) in [5, 5.41) is 0. The maximum absolute atomic E-state index is 12.4. The molecule has 0 fully saturated rings. The molecule has 0 bridgehead atoms. The Kier molecular flexibility index (Phi) is 5.09. The highest BCUT2D eigenvalue weighted by Gasteiger charge is 2.23. The van der Waals surface area contributed by atoms with Gasteiger partial charge in [-0.3, -0.25) is 4.72 Å². The van der Waals surface area contributed by atoms with E-state index in [1.807, 2.05) is 25.1 Å². The van der Waals surface area contributed by atoms with E-state index in [1.54, 1.807) is 24.3 Å². The second kappa shape index (κ2) is 7.02. The van der Waals surface area contributed by atoms with Gasteiger partial charge in [0.05, 0.1) is 12.0 Å². The van der Waals surface area contributed by atoms with E-state index in [-0.39, 0.29) is 12.3 Å². The van der Waals surface area contributed by atoms with Crippen LogP contribution in [0.25, 0.3) is 0 Å². The van der Waals surface area contributed by atoms with Crippen LogP contribution in [0.3, 0.4) is 0 Å². The molecule has 0 aromatic heterocycles. The summed E-state index contributed by atoms with van der Waals surface area (Å²) in [7, 11) is -6.82. The number of nitrogens with zero attached hydrogens (tertiary/aromatic N) is 1. The van der Waals surface area contributed by atoms with Crippen LogP contribution in [-0.2, 0) is 38.8 Å². The maximum atomic E-state index is 12.4. The lowest BCUT2D eigenvalue weighted by Crippen LogP contribution is -2.35. The summed E-state index contributed by atoms with van der Waals surface area (Å²) in [6, 6.07) is 12.7. The summed E-state index contributed by atoms with van der Waals surface area (Å²) in [6.45, 7) is 2.66. The van der Waals surface area contributed by atoms with Gasteiger partial charge in [0, 0.05) is 18.8 Å². The molecule has 1 heterocycles. The standard InChI is InChI=1S/C18H22N2O4S2/c1-14-3-5-15(6-4-14)13-26(23,24)19-18-8-7-16-9-10-20(25(2,21)22)12-17(16)11-18/h3-8,11,19H,9-10,12-13H2,1-2H3. The van der Waals surface area contributed by atoms with Gasteiger partial charge in [-0.15, -0.1) is 0 Å². The van der Waals surface area contributed by atoms with E-state index in [1.165, 1.54) is 10.6 Å². The summed E-state index contributed by atoms with van der Waals surface area (Å²) >= 11 is 0. The highest BCUT2D eigenvalue weighted by Crippen LogP contribution is 2.25. The largest absolute Gasteiger partial charge is 0.283 e. The lowest BCUT2D eigenvalue weighted by molar-refractivity contribution is 0.395. The van der Waals surface area contributed by atoms with Gasteiger partial charge in [-0.25, -0.2) is 16.8 Å². The van der Waals surface area contributed by atoms with Crippen LogP contribution in [0.5, 0.6) is 0 Å². The molecule has 0 unspecified atom stereocenters. The molecule has 2 aromatic carbocycles. The number of sulfonamides is 2. The molecular formula is C18H22N2O4S2. The number of aryl methyl sites for hydroxylation is 1. The third kappa shape index (κ3) is 4.63. The predicted octanol–water partition coefficient (Wildman–Crippen LogP) is 2.25. The van der Waals surface area contributed by atoms with E-state index in [4.69, 9.17) is 0 Å². The van der Waals surface area contributed by atoms with E-state index < -0.39 is 20.0 Å². The number of rotatable bonds is 5. The molecule has 0 saturated carbocycles. The minimum Gasteiger partial charge on any atom is -0.283 e. The van der Waals surface area contributed by atoms with Gasteiger partial charge in [0.1, 0.15) is 0 Å². The zero-order valence-electron chi connectivity index (χ0n) is 14.8. The van der Waals surface area contributed by atoms with Crippen LogP contribution in [0.1, 0.15) is 22.3 Å². The first-order chi connectivity index (χ1) is 12.1. The van der Waals surface area contributed by atoms with Crippen molar-refractivity contribution in [3.8, 4) is 0 Å². The first kappa shape index (κ1) is 18.9. The molecule has 0 spiro atoms. The summed E-state index contributed by atoms with van der Waals surface area (Å²) in [6.07, 6.45) is 1.81. The second-order valence-electron chi connectivity index (χ2n) is 6.68. The highest BCUT2D eigenvalue weighted by molar-refractivity contribution is 7.91. The Bertz CT molecular complexity index is 1010. The monoisotopic (exact) mass is 394 g/mol.